The first-order chi connectivity index (χ1) is 17.6. The molecule has 0 heterocycles. The van der Waals surface area contributed by atoms with Crippen LogP contribution < -0.4 is 0 Å². The number of alkyl halides is 12. The van der Waals surface area contributed by atoms with Gasteiger partial charge in [0.15, 0.2) is 0 Å². The third kappa shape index (κ3) is 6.55. The largest absolute Gasteiger partial charge is 0.462 e. The van der Waals surface area contributed by atoms with Crippen molar-refractivity contribution in [1.82, 2.24) is 0 Å². The van der Waals surface area contributed by atoms with E-state index >= 15 is 0 Å². The lowest BCUT2D eigenvalue weighted by Crippen LogP contribution is -2.69. The van der Waals surface area contributed by atoms with Crippen LogP contribution in [-0.2, 0) is 28.6 Å². The molecule has 18 heteroatoms. The van der Waals surface area contributed by atoms with Crippen LogP contribution >= 0.6 is 0 Å². The first-order valence-electron chi connectivity index (χ1n) is 11.5. The van der Waals surface area contributed by atoms with Gasteiger partial charge in [-0.15, -0.1) is 0 Å². The Morgan fingerprint density at radius 3 is 1.15 bits per heavy atom. The highest BCUT2D eigenvalue weighted by Gasteiger charge is 2.82. The highest BCUT2D eigenvalue weighted by atomic mass is 19.4. The smallest absolute Gasteiger partial charge is 0.437 e. The highest BCUT2D eigenvalue weighted by Crippen LogP contribution is 2.60. The van der Waals surface area contributed by atoms with E-state index in [-0.39, 0.29) is 20.3 Å². The van der Waals surface area contributed by atoms with Crippen molar-refractivity contribution in [3.63, 3.8) is 0 Å². The van der Waals surface area contributed by atoms with Gasteiger partial charge in [0.05, 0.1) is 5.41 Å². The van der Waals surface area contributed by atoms with Gasteiger partial charge in [0.25, 0.3) is 0 Å². The van der Waals surface area contributed by atoms with E-state index in [0.29, 0.717) is 0 Å². The topological polar surface area (TPSA) is 78.9 Å². The molecule has 0 amide bonds. The van der Waals surface area contributed by atoms with Crippen molar-refractivity contribution in [2.24, 2.45) is 17.3 Å². The second-order valence-corrected chi connectivity index (χ2v) is 10.0. The van der Waals surface area contributed by atoms with Gasteiger partial charge >= 0.3 is 53.8 Å². The van der Waals surface area contributed by atoms with Crippen molar-refractivity contribution >= 4 is 17.9 Å². The summed E-state index contributed by atoms with van der Waals surface area (Å²) in [7, 11) is 0. The lowest BCUT2D eigenvalue weighted by atomic mass is 9.65. The van der Waals surface area contributed by atoms with E-state index < -0.39 is 96.4 Å². The Bertz CT molecular complexity index is 860. The van der Waals surface area contributed by atoms with Gasteiger partial charge in [-0.25, -0.2) is 0 Å². The zero-order valence-corrected chi connectivity index (χ0v) is 21.5. The van der Waals surface area contributed by atoms with E-state index in [1.807, 2.05) is 0 Å². The van der Waals surface area contributed by atoms with E-state index in [2.05, 4.69) is 9.47 Å². The predicted molar refractivity (Wildman–Crippen MR) is 108 cm³/mol. The Morgan fingerprint density at radius 2 is 0.925 bits per heavy atom. The summed E-state index contributed by atoms with van der Waals surface area (Å²) in [5.74, 6) is -12.6. The fraction of sp³-hybridized carbons (Fsp3) is 0.864. The molecule has 234 valence electrons. The molecule has 0 aromatic rings. The Kier molecular flexibility index (Phi) is 9.88. The Hall–Kier alpha value is -2.43. The summed E-state index contributed by atoms with van der Waals surface area (Å²) in [6.07, 6.45) is -34.4. The third-order valence-electron chi connectivity index (χ3n) is 6.82. The summed E-state index contributed by atoms with van der Waals surface area (Å²) in [5.41, 5.74) is -12.7. The first kappa shape index (κ1) is 35.6. The molecule has 2 unspecified atom stereocenters. The van der Waals surface area contributed by atoms with Crippen molar-refractivity contribution in [2.45, 2.75) is 102 Å². The van der Waals surface area contributed by atoms with Crippen LogP contribution in [0.3, 0.4) is 0 Å². The number of carbonyl (C=O) groups excluding carboxylic acids is 3. The van der Waals surface area contributed by atoms with E-state index in [4.69, 9.17) is 4.74 Å². The molecule has 0 bridgehead atoms. The quantitative estimate of drug-likeness (QED) is 0.183. The fourth-order valence-electron chi connectivity index (χ4n) is 4.58. The molecule has 0 saturated heterocycles. The maximum Gasteiger partial charge on any atom is 0.437 e. The van der Waals surface area contributed by atoms with Gasteiger partial charge in [-0.1, -0.05) is 6.92 Å². The molecule has 1 fully saturated rings. The van der Waals surface area contributed by atoms with Crippen molar-refractivity contribution in [3.05, 3.63) is 0 Å². The lowest BCUT2D eigenvalue weighted by Gasteiger charge is -2.50. The zero-order chi connectivity index (χ0) is 31.9. The predicted octanol–water partition coefficient (Wildman–Crippen LogP) is 6.60. The molecule has 2 atom stereocenters. The Balaban J connectivity index is 4.07. The van der Waals surface area contributed by atoms with Crippen molar-refractivity contribution < 1.29 is 81.3 Å². The molecule has 6 nitrogen and oxygen atoms in total. The second kappa shape index (κ2) is 11.1. The van der Waals surface area contributed by atoms with Crippen molar-refractivity contribution in [1.29, 1.82) is 0 Å². The van der Waals surface area contributed by atoms with Crippen molar-refractivity contribution in [3.8, 4) is 0 Å². The molecule has 40 heavy (non-hydrogen) atoms. The molecule has 1 rings (SSSR count). The molecular weight excluding hydrogens is 588 g/mol. The molecule has 1 aliphatic carbocycles. The van der Waals surface area contributed by atoms with Gasteiger partial charge in [0.2, 0.25) is 0 Å². The number of carbonyl (C=O) groups is 3. The average Bonchev–Trinajstić information content (AvgIpc) is 2.71. The lowest BCUT2D eigenvalue weighted by molar-refractivity contribution is -0.405. The minimum Gasteiger partial charge on any atom is -0.462 e. The number of rotatable bonds is 7. The molecule has 0 spiro atoms. The minimum absolute atomic E-state index is 0.0591. The van der Waals surface area contributed by atoms with Gasteiger partial charge in [-0.3, -0.25) is 14.4 Å². The first-order valence-corrected chi connectivity index (χ1v) is 11.5. The number of ether oxygens (including phenoxy) is 3. The number of halogens is 12. The molecule has 0 aromatic carbocycles. The van der Waals surface area contributed by atoms with Crippen LogP contribution in [0.15, 0.2) is 0 Å². The Labute approximate surface area is 219 Å². The maximum absolute atomic E-state index is 14.1. The van der Waals surface area contributed by atoms with E-state index in [9.17, 15) is 67.1 Å². The van der Waals surface area contributed by atoms with Crippen LogP contribution in [0, 0.1) is 17.3 Å². The molecule has 0 radical (unpaired) electrons. The second-order valence-electron chi connectivity index (χ2n) is 10.0. The van der Waals surface area contributed by atoms with Gasteiger partial charge < -0.3 is 14.2 Å². The highest BCUT2D eigenvalue weighted by molar-refractivity contribution is 5.76. The molecule has 0 aliphatic heterocycles. The van der Waals surface area contributed by atoms with Crippen molar-refractivity contribution in [2.75, 3.05) is 0 Å². The summed E-state index contributed by atoms with van der Waals surface area (Å²) in [5, 5.41) is 0. The van der Waals surface area contributed by atoms with Crippen LogP contribution in [0.5, 0.6) is 0 Å². The summed E-state index contributed by atoms with van der Waals surface area (Å²) in [4.78, 5) is 35.4. The molecule has 0 N–H and O–H groups in total. The summed E-state index contributed by atoms with van der Waals surface area (Å²) >= 11 is 0. The van der Waals surface area contributed by atoms with E-state index in [0.717, 1.165) is 0 Å². The summed E-state index contributed by atoms with van der Waals surface area (Å²) in [6, 6.07) is 0. The number of hydrogen-bond donors (Lipinski definition) is 0. The van der Waals surface area contributed by atoms with E-state index in [1.165, 1.54) is 20.8 Å². The van der Waals surface area contributed by atoms with Crippen LogP contribution in [-0.4, -0.2) is 59.9 Å². The van der Waals surface area contributed by atoms with Gasteiger partial charge in [0.1, 0.15) is 6.10 Å². The molecule has 0 aromatic heterocycles. The summed E-state index contributed by atoms with van der Waals surface area (Å²) in [6.45, 7) is 4.00. The molecule has 1 saturated carbocycles. The molecule has 1 aliphatic rings. The van der Waals surface area contributed by atoms with Gasteiger partial charge in [-0.2, -0.15) is 52.7 Å². The standard InChI is InChI=1S/C22H26F12O6/c1-6-16(4,5)15(37)38-14-8-12(17(19(23,24)25,20(26,27)28)39-10(2)35)7-13(9-14)18(21(29,30)31,22(32,33)34)40-11(3)36/h12-14H,6-9H2,1-5H3. The van der Waals surface area contributed by atoms with Gasteiger partial charge in [0, 0.05) is 25.7 Å². The normalized spacial score (nSPS) is 22.0. The SMILES string of the molecule is CCC(C)(C)C(=O)OC1CC(C(OC(C)=O)(C(F)(F)F)C(F)(F)F)CC(C(OC(C)=O)(C(F)(F)F)C(F)(F)F)C1. The van der Waals surface area contributed by atoms with Crippen LogP contribution in [0.1, 0.15) is 60.3 Å². The maximum atomic E-state index is 14.1. The van der Waals surface area contributed by atoms with Crippen LogP contribution in [0.25, 0.3) is 0 Å². The number of esters is 3. The minimum atomic E-state index is -6.62. The fourth-order valence-corrected chi connectivity index (χ4v) is 4.58. The zero-order valence-electron chi connectivity index (χ0n) is 21.5. The van der Waals surface area contributed by atoms with Crippen LogP contribution in [0.2, 0.25) is 0 Å². The summed E-state index contributed by atoms with van der Waals surface area (Å²) < 4.78 is 182. The monoisotopic (exact) mass is 614 g/mol. The van der Waals surface area contributed by atoms with Crippen LogP contribution in [0.4, 0.5) is 52.7 Å². The molecular formula is C22H26F12O6. The number of hydrogen-bond acceptors (Lipinski definition) is 6. The Morgan fingerprint density at radius 1 is 0.625 bits per heavy atom. The van der Waals surface area contributed by atoms with E-state index in [1.54, 1.807) is 0 Å². The van der Waals surface area contributed by atoms with Gasteiger partial charge in [-0.05, 0) is 39.5 Å². The average molecular weight is 614 g/mol. The third-order valence-corrected chi connectivity index (χ3v) is 6.82.